The summed E-state index contributed by atoms with van der Waals surface area (Å²) in [6.45, 7) is 9.88. The van der Waals surface area contributed by atoms with Gasteiger partial charge in [0.25, 0.3) is 0 Å². The van der Waals surface area contributed by atoms with Crippen molar-refractivity contribution in [2.45, 2.75) is 26.2 Å². The average Bonchev–Trinajstić information content (AvgIpc) is 3.03. The lowest BCUT2D eigenvalue weighted by Crippen LogP contribution is -2.36. The molecule has 0 saturated heterocycles. The summed E-state index contributed by atoms with van der Waals surface area (Å²) in [5, 5.41) is 2.01. The lowest BCUT2D eigenvalue weighted by molar-refractivity contribution is 0.484. The van der Waals surface area contributed by atoms with Crippen molar-refractivity contribution in [3.8, 4) is 0 Å². The van der Waals surface area contributed by atoms with Crippen LogP contribution in [0.2, 0.25) is 0 Å². The van der Waals surface area contributed by atoms with Crippen LogP contribution in [0.5, 0.6) is 0 Å². The van der Waals surface area contributed by atoms with Crippen LogP contribution in [-0.4, -0.2) is 0 Å². The van der Waals surface area contributed by atoms with Gasteiger partial charge >= 0.3 is 0 Å². The standard InChI is InChI=1S/C19H25N3/c1-4-10-16(5-2)13-17(6-3)14-18-15-22(21-20-18)19-11-8-7-9-12-19/h4-5,7-12,15,17,20-21H,1-2,6,13-14H2,3H3/b16-10+/t17-/m0/s1. The Morgan fingerprint density at radius 3 is 2.68 bits per heavy atom. The van der Waals surface area contributed by atoms with Crippen LogP contribution in [0.4, 0.5) is 5.69 Å². The summed E-state index contributed by atoms with van der Waals surface area (Å²) < 4.78 is 0. The molecular weight excluding hydrogens is 270 g/mol. The van der Waals surface area contributed by atoms with Crippen molar-refractivity contribution in [3.05, 3.63) is 79.2 Å². The van der Waals surface area contributed by atoms with Gasteiger partial charge in [0.15, 0.2) is 0 Å². The molecule has 3 nitrogen and oxygen atoms in total. The molecular formula is C19H25N3. The summed E-state index contributed by atoms with van der Waals surface area (Å²) in [5.41, 5.74) is 10.0. The van der Waals surface area contributed by atoms with Crippen LogP contribution in [0.25, 0.3) is 0 Å². The molecule has 0 fully saturated rings. The van der Waals surface area contributed by atoms with E-state index in [1.807, 2.05) is 41.4 Å². The molecule has 116 valence electrons. The molecule has 0 unspecified atom stereocenters. The van der Waals surface area contributed by atoms with E-state index >= 15 is 0 Å². The van der Waals surface area contributed by atoms with Crippen LogP contribution in [0, 0.1) is 5.92 Å². The van der Waals surface area contributed by atoms with Gasteiger partial charge in [-0.25, -0.2) is 0 Å². The minimum Gasteiger partial charge on any atom is -0.306 e. The molecule has 1 aliphatic heterocycles. The molecule has 22 heavy (non-hydrogen) atoms. The van der Waals surface area contributed by atoms with Gasteiger partial charge in [-0.1, -0.05) is 62.9 Å². The largest absolute Gasteiger partial charge is 0.306 e. The van der Waals surface area contributed by atoms with E-state index in [0.29, 0.717) is 5.92 Å². The topological polar surface area (TPSA) is 27.3 Å². The second kappa shape index (κ2) is 8.25. The summed E-state index contributed by atoms with van der Waals surface area (Å²) >= 11 is 0. The molecule has 0 spiro atoms. The molecule has 0 aromatic heterocycles. The van der Waals surface area contributed by atoms with Crippen molar-refractivity contribution in [2.75, 3.05) is 5.01 Å². The number of anilines is 1. The maximum absolute atomic E-state index is 3.88. The Hall–Kier alpha value is -2.26. The number of hydrogen-bond acceptors (Lipinski definition) is 3. The smallest absolute Gasteiger partial charge is 0.0589 e. The summed E-state index contributed by atoms with van der Waals surface area (Å²) in [4.78, 5) is 0. The maximum Gasteiger partial charge on any atom is 0.0589 e. The SMILES string of the molecule is C=C/C=C(\C=C)C[C@H](CC)CC1=CN(c2ccccc2)NN1. The van der Waals surface area contributed by atoms with Gasteiger partial charge in [-0.05, 0) is 36.5 Å². The maximum atomic E-state index is 3.88. The Morgan fingerprint density at radius 2 is 2.05 bits per heavy atom. The van der Waals surface area contributed by atoms with Crippen LogP contribution in [-0.2, 0) is 0 Å². The number of hydrazine groups is 2. The van der Waals surface area contributed by atoms with Crippen LogP contribution < -0.4 is 16.0 Å². The van der Waals surface area contributed by atoms with E-state index in [-0.39, 0.29) is 0 Å². The second-order valence-corrected chi connectivity index (χ2v) is 5.46. The summed E-state index contributed by atoms with van der Waals surface area (Å²) in [5.74, 6) is 0.584. The average molecular weight is 295 g/mol. The van der Waals surface area contributed by atoms with Crippen molar-refractivity contribution < 1.29 is 0 Å². The Labute approximate surface area is 133 Å². The number of para-hydroxylation sites is 1. The van der Waals surface area contributed by atoms with Crippen molar-refractivity contribution in [1.82, 2.24) is 11.0 Å². The van der Waals surface area contributed by atoms with Gasteiger partial charge in [0.1, 0.15) is 0 Å². The quantitative estimate of drug-likeness (QED) is 0.693. The van der Waals surface area contributed by atoms with Gasteiger partial charge in [-0.15, -0.1) is 5.53 Å². The zero-order chi connectivity index (χ0) is 15.8. The third kappa shape index (κ3) is 4.37. The number of benzene rings is 1. The molecule has 0 amide bonds. The number of hydrogen-bond donors (Lipinski definition) is 2. The molecule has 1 heterocycles. The molecule has 2 rings (SSSR count). The zero-order valence-corrected chi connectivity index (χ0v) is 13.3. The summed E-state index contributed by atoms with van der Waals surface area (Å²) in [7, 11) is 0. The Bertz CT molecular complexity index is 557. The molecule has 0 radical (unpaired) electrons. The highest BCUT2D eigenvalue weighted by Gasteiger charge is 2.16. The van der Waals surface area contributed by atoms with Crippen LogP contribution in [0.3, 0.4) is 0 Å². The molecule has 0 aliphatic carbocycles. The fraction of sp³-hybridized carbons (Fsp3) is 0.263. The van der Waals surface area contributed by atoms with Gasteiger partial charge in [0.05, 0.1) is 5.69 Å². The number of nitrogens with zero attached hydrogens (tertiary/aromatic N) is 1. The fourth-order valence-electron chi connectivity index (χ4n) is 2.56. The third-order valence-electron chi connectivity index (χ3n) is 3.86. The van der Waals surface area contributed by atoms with Gasteiger partial charge in [-0.2, -0.15) is 0 Å². The van der Waals surface area contributed by atoms with Gasteiger partial charge in [0.2, 0.25) is 0 Å². The molecule has 1 aromatic carbocycles. The molecule has 0 bridgehead atoms. The van der Waals surface area contributed by atoms with Gasteiger partial charge in [-0.3, -0.25) is 5.01 Å². The van der Waals surface area contributed by atoms with Gasteiger partial charge < -0.3 is 5.43 Å². The summed E-state index contributed by atoms with van der Waals surface area (Å²) in [6.07, 6.45) is 11.1. The predicted molar refractivity (Wildman–Crippen MR) is 94.8 cm³/mol. The van der Waals surface area contributed by atoms with Crippen molar-refractivity contribution in [3.63, 3.8) is 0 Å². The van der Waals surface area contributed by atoms with Crippen LogP contribution >= 0.6 is 0 Å². The first-order valence-corrected chi connectivity index (χ1v) is 7.77. The first-order chi connectivity index (χ1) is 10.8. The van der Waals surface area contributed by atoms with Crippen molar-refractivity contribution in [1.29, 1.82) is 0 Å². The van der Waals surface area contributed by atoms with Gasteiger partial charge in [0, 0.05) is 11.9 Å². The van der Waals surface area contributed by atoms with E-state index in [2.05, 4.69) is 49.4 Å². The zero-order valence-electron chi connectivity index (χ0n) is 13.3. The lowest BCUT2D eigenvalue weighted by Gasteiger charge is -2.16. The number of nitrogens with one attached hydrogen (secondary N) is 2. The van der Waals surface area contributed by atoms with Crippen molar-refractivity contribution >= 4 is 5.69 Å². The van der Waals surface area contributed by atoms with Crippen LogP contribution in [0.15, 0.2) is 79.2 Å². The number of allylic oxidation sites excluding steroid dienone is 5. The minimum atomic E-state index is 0.584. The Kier molecular flexibility index (Phi) is 6.04. The molecule has 1 aromatic rings. The second-order valence-electron chi connectivity index (χ2n) is 5.46. The predicted octanol–water partition coefficient (Wildman–Crippen LogP) is 4.46. The van der Waals surface area contributed by atoms with Crippen molar-refractivity contribution in [2.24, 2.45) is 5.92 Å². The Balaban J connectivity index is 1.98. The first-order valence-electron chi connectivity index (χ1n) is 7.77. The van der Waals surface area contributed by atoms with E-state index in [1.165, 1.54) is 11.3 Å². The lowest BCUT2D eigenvalue weighted by atomic mass is 9.92. The molecule has 0 saturated carbocycles. The first kappa shape index (κ1) is 16.1. The minimum absolute atomic E-state index is 0.584. The van der Waals surface area contributed by atoms with Crippen LogP contribution in [0.1, 0.15) is 26.2 Å². The summed E-state index contributed by atoms with van der Waals surface area (Å²) in [6, 6.07) is 10.2. The van der Waals surface area contributed by atoms with E-state index in [4.69, 9.17) is 0 Å². The third-order valence-corrected chi connectivity index (χ3v) is 3.86. The van der Waals surface area contributed by atoms with E-state index in [1.54, 1.807) is 0 Å². The van der Waals surface area contributed by atoms with E-state index in [9.17, 15) is 0 Å². The molecule has 1 aliphatic rings. The van der Waals surface area contributed by atoms with E-state index in [0.717, 1.165) is 24.9 Å². The molecule has 1 atom stereocenters. The fourth-order valence-corrected chi connectivity index (χ4v) is 2.56. The molecule has 3 heteroatoms. The normalized spacial score (nSPS) is 16.0. The van der Waals surface area contributed by atoms with E-state index < -0.39 is 0 Å². The highest BCUT2D eigenvalue weighted by atomic mass is 15.7. The highest BCUT2D eigenvalue weighted by molar-refractivity contribution is 5.49. The monoisotopic (exact) mass is 295 g/mol. The number of rotatable bonds is 8. The Morgan fingerprint density at radius 1 is 1.27 bits per heavy atom. The molecule has 2 N–H and O–H groups in total. The highest BCUT2D eigenvalue weighted by Crippen LogP contribution is 2.24.